The van der Waals surface area contributed by atoms with Gasteiger partial charge in [0.25, 0.3) is 0 Å². The van der Waals surface area contributed by atoms with Crippen LogP contribution in [0.2, 0.25) is 0 Å². The average molecular weight is 284 g/mol. The first-order valence-corrected chi connectivity index (χ1v) is 6.09. The summed E-state index contributed by atoms with van der Waals surface area (Å²) in [6, 6.07) is 5.51. The van der Waals surface area contributed by atoms with Gasteiger partial charge in [0.1, 0.15) is 5.75 Å². The highest BCUT2D eigenvalue weighted by molar-refractivity contribution is 5.81. The first-order chi connectivity index (χ1) is 9.43. The number of nitrogens with two attached hydrogens (primary N) is 1. The van der Waals surface area contributed by atoms with Crippen molar-refractivity contribution in [2.24, 2.45) is 5.73 Å². The maximum Gasteiger partial charge on any atom is 0.387 e. The number of rotatable bonds is 7. The fraction of sp³-hybridized carbons (Fsp3) is 0.357. The van der Waals surface area contributed by atoms with Crippen LogP contribution >= 0.6 is 0 Å². The summed E-state index contributed by atoms with van der Waals surface area (Å²) in [5.74, 6) is -0.112. The molecule has 0 aliphatic carbocycles. The average Bonchev–Trinajstić information content (AvgIpc) is 2.39. The van der Waals surface area contributed by atoms with Crippen molar-refractivity contribution < 1.29 is 18.3 Å². The van der Waals surface area contributed by atoms with E-state index in [2.05, 4.69) is 11.3 Å². The molecule has 0 aliphatic heterocycles. The number of benzene rings is 1. The number of amides is 1. The molecule has 0 saturated carbocycles. The van der Waals surface area contributed by atoms with Crippen molar-refractivity contribution in [1.82, 2.24) is 4.90 Å². The van der Waals surface area contributed by atoms with Crippen molar-refractivity contribution in [3.8, 4) is 5.75 Å². The molecule has 1 atom stereocenters. The number of ether oxygens (including phenoxy) is 1. The van der Waals surface area contributed by atoms with Gasteiger partial charge in [-0.1, -0.05) is 18.2 Å². The van der Waals surface area contributed by atoms with E-state index in [9.17, 15) is 13.6 Å². The molecule has 1 aromatic carbocycles. The topological polar surface area (TPSA) is 55.6 Å². The van der Waals surface area contributed by atoms with Crippen LogP contribution in [0, 0.1) is 0 Å². The van der Waals surface area contributed by atoms with Crippen molar-refractivity contribution >= 4 is 5.91 Å². The Morgan fingerprint density at radius 2 is 2.05 bits per heavy atom. The third-order valence-corrected chi connectivity index (χ3v) is 2.68. The molecule has 1 amide bonds. The van der Waals surface area contributed by atoms with Crippen LogP contribution in [0.1, 0.15) is 12.0 Å². The Balaban J connectivity index is 2.59. The fourth-order valence-electron chi connectivity index (χ4n) is 1.69. The lowest BCUT2D eigenvalue weighted by Crippen LogP contribution is -2.41. The molecule has 0 spiro atoms. The van der Waals surface area contributed by atoms with Crippen LogP contribution < -0.4 is 10.5 Å². The minimum atomic E-state index is -2.85. The zero-order valence-corrected chi connectivity index (χ0v) is 11.3. The molecule has 0 saturated heterocycles. The van der Waals surface area contributed by atoms with Gasteiger partial charge in [-0.05, 0) is 24.1 Å². The van der Waals surface area contributed by atoms with Crippen LogP contribution in [-0.2, 0) is 11.3 Å². The molecule has 0 fully saturated rings. The number of carbonyl (C=O) groups excluding carboxylic acids is 1. The molecule has 20 heavy (non-hydrogen) atoms. The van der Waals surface area contributed by atoms with Crippen LogP contribution in [0.25, 0.3) is 0 Å². The summed E-state index contributed by atoms with van der Waals surface area (Å²) in [4.78, 5) is 13.4. The van der Waals surface area contributed by atoms with Crippen molar-refractivity contribution in [2.75, 3.05) is 7.05 Å². The van der Waals surface area contributed by atoms with Gasteiger partial charge in [0.15, 0.2) is 0 Å². The smallest absolute Gasteiger partial charge is 0.387 e. The van der Waals surface area contributed by atoms with Crippen molar-refractivity contribution in [3.05, 3.63) is 42.5 Å². The van der Waals surface area contributed by atoms with Crippen LogP contribution in [0.15, 0.2) is 36.9 Å². The highest BCUT2D eigenvalue weighted by Crippen LogP contribution is 2.16. The van der Waals surface area contributed by atoms with Crippen LogP contribution in [0.3, 0.4) is 0 Å². The van der Waals surface area contributed by atoms with E-state index in [1.54, 1.807) is 25.3 Å². The molecule has 2 N–H and O–H groups in total. The number of hydrogen-bond donors (Lipinski definition) is 1. The largest absolute Gasteiger partial charge is 0.435 e. The van der Waals surface area contributed by atoms with Gasteiger partial charge in [-0.2, -0.15) is 8.78 Å². The predicted molar refractivity (Wildman–Crippen MR) is 72.3 cm³/mol. The van der Waals surface area contributed by atoms with E-state index in [0.717, 1.165) is 5.56 Å². The standard InChI is InChI=1S/C14H18F2N2O2/c1-3-4-12(17)13(19)18(2)9-10-5-7-11(8-6-10)20-14(15)16/h3,5-8,12,14H,1,4,9,17H2,2H3. The summed E-state index contributed by atoms with van der Waals surface area (Å²) in [5.41, 5.74) is 6.49. The molecule has 0 bridgehead atoms. The van der Waals surface area contributed by atoms with Gasteiger partial charge in [0, 0.05) is 13.6 Å². The third kappa shape index (κ3) is 4.97. The van der Waals surface area contributed by atoms with E-state index in [1.165, 1.54) is 17.0 Å². The van der Waals surface area contributed by atoms with E-state index < -0.39 is 12.7 Å². The summed E-state index contributed by atoms with van der Waals surface area (Å²) < 4.78 is 28.2. The number of hydrogen-bond acceptors (Lipinski definition) is 3. The van der Waals surface area contributed by atoms with Gasteiger partial charge >= 0.3 is 6.61 Å². The number of carbonyl (C=O) groups is 1. The van der Waals surface area contributed by atoms with E-state index in [4.69, 9.17) is 5.73 Å². The third-order valence-electron chi connectivity index (χ3n) is 2.68. The van der Waals surface area contributed by atoms with E-state index in [-0.39, 0.29) is 11.7 Å². The van der Waals surface area contributed by atoms with E-state index in [1.807, 2.05) is 0 Å². The molecule has 0 aliphatic rings. The minimum absolute atomic E-state index is 0.0843. The van der Waals surface area contributed by atoms with Gasteiger partial charge in [0.2, 0.25) is 5.91 Å². The van der Waals surface area contributed by atoms with Gasteiger partial charge < -0.3 is 15.4 Å². The lowest BCUT2D eigenvalue weighted by atomic mass is 10.1. The molecule has 0 radical (unpaired) electrons. The monoisotopic (exact) mass is 284 g/mol. The summed E-state index contributed by atoms with van der Waals surface area (Å²) in [5, 5.41) is 0. The fourth-order valence-corrected chi connectivity index (χ4v) is 1.69. The molecule has 0 heterocycles. The summed E-state index contributed by atoms with van der Waals surface area (Å²) in [7, 11) is 1.63. The lowest BCUT2D eigenvalue weighted by Gasteiger charge is -2.20. The van der Waals surface area contributed by atoms with Gasteiger partial charge in [-0.15, -0.1) is 6.58 Å². The molecule has 1 unspecified atom stereocenters. The second kappa shape index (κ2) is 7.59. The van der Waals surface area contributed by atoms with Crippen LogP contribution in [-0.4, -0.2) is 30.5 Å². The SMILES string of the molecule is C=CCC(N)C(=O)N(C)Cc1ccc(OC(F)F)cc1. The molecule has 6 heteroatoms. The zero-order valence-electron chi connectivity index (χ0n) is 11.3. The van der Waals surface area contributed by atoms with Crippen molar-refractivity contribution in [2.45, 2.75) is 25.6 Å². The van der Waals surface area contributed by atoms with E-state index in [0.29, 0.717) is 13.0 Å². The number of likely N-dealkylation sites (N-methyl/N-ethyl adjacent to an activating group) is 1. The van der Waals surface area contributed by atoms with Crippen molar-refractivity contribution in [1.29, 1.82) is 0 Å². The molecule has 4 nitrogen and oxygen atoms in total. The Kier molecular flexibility index (Phi) is 6.11. The Morgan fingerprint density at radius 3 is 2.55 bits per heavy atom. The summed E-state index contributed by atoms with van der Waals surface area (Å²) in [6.45, 7) is 1.03. The number of nitrogens with zero attached hydrogens (tertiary/aromatic N) is 1. The highest BCUT2D eigenvalue weighted by atomic mass is 19.3. The maximum atomic E-state index is 12.0. The summed E-state index contributed by atoms with van der Waals surface area (Å²) >= 11 is 0. The molecular formula is C14H18F2N2O2. The number of halogens is 2. The van der Waals surface area contributed by atoms with Crippen LogP contribution in [0.4, 0.5) is 8.78 Å². The first kappa shape index (κ1) is 16.1. The molecule has 1 aromatic rings. The minimum Gasteiger partial charge on any atom is -0.435 e. The Morgan fingerprint density at radius 1 is 1.45 bits per heavy atom. The second-order valence-electron chi connectivity index (χ2n) is 4.35. The van der Waals surface area contributed by atoms with Gasteiger partial charge in [-0.3, -0.25) is 4.79 Å². The number of alkyl halides is 2. The molecular weight excluding hydrogens is 266 g/mol. The Bertz CT molecular complexity index is 449. The van der Waals surface area contributed by atoms with Gasteiger partial charge in [0.05, 0.1) is 6.04 Å². The van der Waals surface area contributed by atoms with Crippen LogP contribution in [0.5, 0.6) is 5.75 Å². The Hall–Kier alpha value is -1.95. The summed E-state index contributed by atoms with van der Waals surface area (Å²) in [6.07, 6.45) is 2.00. The maximum absolute atomic E-state index is 12.0. The molecule has 1 rings (SSSR count). The predicted octanol–water partition coefficient (Wildman–Crippen LogP) is 2.15. The lowest BCUT2D eigenvalue weighted by molar-refractivity contribution is -0.131. The highest BCUT2D eigenvalue weighted by Gasteiger charge is 2.16. The second-order valence-corrected chi connectivity index (χ2v) is 4.35. The normalized spacial score (nSPS) is 12.1. The molecule has 110 valence electrons. The van der Waals surface area contributed by atoms with E-state index >= 15 is 0 Å². The molecule has 0 aromatic heterocycles. The quantitative estimate of drug-likeness (QED) is 0.781. The van der Waals surface area contributed by atoms with Gasteiger partial charge in [-0.25, -0.2) is 0 Å². The first-order valence-electron chi connectivity index (χ1n) is 6.09. The van der Waals surface area contributed by atoms with Crippen molar-refractivity contribution in [3.63, 3.8) is 0 Å². The zero-order chi connectivity index (χ0) is 15.1. The Labute approximate surface area is 116 Å².